The molecule has 1 saturated heterocycles. The van der Waals surface area contributed by atoms with Crippen molar-refractivity contribution in [3.63, 3.8) is 0 Å². The molecular formula is C20H31N2O6P. The van der Waals surface area contributed by atoms with E-state index in [1.807, 2.05) is 17.9 Å². The minimum absolute atomic E-state index is 0.0376. The van der Waals surface area contributed by atoms with Gasteiger partial charge in [-0.3, -0.25) is 14.3 Å². The number of benzene rings is 1. The Hall–Kier alpha value is -1.73. The number of unbranched alkanes of at least 4 members (excludes halogenated alkanes) is 2. The predicted octanol–water partition coefficient (Wildman–Crippen LogP) is 2.47. The van der Waals surface area contributed by atoms with Crippen LogP contribution in [0.4, 0.5) is 0 Å². The molecule has 2 rings (SSSR count). The SMILES string of the molecule is CC(=O)NCCCCCP(=O)(O)CN1CCOC[C@@]1(C)c1cccc(C(=O)O)c1. The van der Waals surface area contributed by atoms with Crippen LogP contribution in [0.1, 0.15) is 49.0 Å². The third-order valence-electron chi connectivity index (χ3n) is 5.27. The fourth-order valence-corrected chi connectivity index (χ4v) is 5.37. The van der Waals surface area contributed by atoms with Crippen LogP contribution in [0.3, 0.4) is 0 Å². The summed E-state index contributed by atoms with van der Waals surface area (Å²) in [4.78, 5) is 34.7. The zero-order valence-corrected chi connectivity index (χ0v) is 18.0. The zero-order chi connectivity index (χ0) is 21.5. The van der Waals surface area contributed by atoms with E-state index >= 15 is 0 Å². The van der Waals surface area contributed by atoms with E-state index in [2.05, 4.69) is 5.32 Å². The summed E-state index contributed by atoms with van der Waals surface area (Å²) in [5.74, 6) is -1.08. The van der Waals surface area contributed by atoms with E-state index in [9.17, 15) is 24.2 Å². The molecule has 8 nitrogen and oxygen atoms in total. The number of aromatic carboxylic acids is 1. The molecular weight excluding hydrogens is 395 g/mol. The summed E-state index contributed by atoms with van der Waals surface area (Å²) >= 11 is 0. The van der Waals surface area contributed by atoms with Gasteiger partial charge in [-0.2, -0.15) is 0 Å². The zero-order valence-electron chi connectivity index (χ0n) is 17.1. The molecule has 1 fully saturated rings. The minimum atomic E-state index is -3.39. The Labute approximate surface area is 171 Å². The van der Waals surface area contributed by atoms with E-state index in [1.54, 1.807) is 12.1 Å². The predicted molar refractivity (Wildman–Crippen MR) is 110 cm³/mol. The first-order valence-corrected chi connectivity index (χ1v) is 11.9. The molecule has 0 radical (unpaired) electrons. The van der Waals surface area contributed by atoms with E-state index in [0.717, 1.165) is 18.4 Å². The Morgan fingerprint density at radius 2 is 2.07 bits per heavy atom. The number of nitrogens with one attached hydrogen (secondary N) is 1. The summed E-state index contributed by atoms with van der Waals surface area (Å²) in [5, 5.41) is 12.0. The highest BCUT2D eigenvalue weighted by Gasteiger charge is 2.40. The fourth-order valence-electron chi connectivity index (χ4n) is 3.53. The van der Waals surface area contributed by atoms with Crippen LogP contribution in [0.5, 0.6) is 0 Å². The van der Waals surface area contributed by atoms with Gasteiger partial charge in [-0.05, 0) is 37.5 Å². The first-order chi connectivity index (χ1) is 13.6. The third kappa shape index (κ3) is 6.93. The molecule has 1 aliphatic rings. The number of ether oxygens (including phenoxy) is 1. The Bertz CT molecular complexity index is 771. The lowest BCUT2D eigenvalue weighted by Gasteiger charge is -2.45. The molecule has 0 spiro atoms. The Morgan fingerprint density at radius 3 is 2.76 bits per heavy atom. The van der Waals surface area contributed by atoms with Crippen LogP contribution in [-0.2, 0) is 19.6 Å². The third-order valence-corrected chi connectivity index (χ3v) is 7.07. The smallest absolute Gasteiger partial charge is 0.335 e. The molecule has 1 aromatic rings. The second-order valence-electron chi connectivity index (χ2n) is 7.73. The van der Waals surface area contributed by atoms with Crippen LogP contribution < -0.4 is 5.32 Å². The quantitative estimate of drug-likeness (QED) is 0.389. The average Bonchev–Trinajstić information content (AvgIpc) is 2.66. The molecule has 1 heterocycles. The monoisotopic (exact) mass is 426 g/mol. The van der Waals surface area contributed by atoms with Crippen molar-refractivity contribution in [2.45, 2.75) is 38.6 Å². The van der Waals surface area contributed by atoms with E-state index in [-0.39, 0.29) is 23.9 Å². The molecule has 1 amide bonds. The molecule has 2 atom stereocenters. The lowest BCUT2D eigenvalue weighted by atomic mass is 9.89. The van der Waals surface area contributed by atoms with Gasteiger partial charge in [-0.1, -0.05) is 18.6 Å². The number of rotatable bonds is 10. The maximum absolute atomic E-state index is 12.8. The Balaban J connectivity index is 2.01. The number of morpholine rings is 1. The molecule has 0 aliphatic carbocycles. The van der Waals surface area contributed by atoms with Gasteiger partial charge in [0.25, 0.3) is 0 Å². The Kier molecular flexibility index (Phi) is 8.40. The van der Waals surface area contributed by atoms with Crippen molar-refractivity contribution in [1.29, 1.82) is 0 Å². The van der Waals surface area contributed by atoms with Crippen molar-refractivity contribution in [1.82, 2.24) is 10.2 Å². The summed E-state index contributed by atoms with van der Waals surface area (Å²) < 4.78 is 18.5. The molecule has 0 saturated carbocycles. The van der Waals surface area contributed by atoms with Crippen LogP contribution >= 0.6 is 7.37 Å². The second kappa shape index (κ2) is 10.3. The van der Waals surface area contributed by atoms with Crippen LogP contribution in [0.15, 0.2) is 24.3 Å². The van der Waals surface area contributed by atoms with Gasteiger partial charge >= 0.3 is 5.97 Å². The normalized spacial score (nSPS) is 22.0. The summed E-state index contributed by atoms with van der Waals surface area (Å²) in [5.41, 5.74) is 0.265. The van der Waals surface area contributed by atoms with Crippen molar-refractivity contribution < 1.29 is 28.9 Å². The van der Waals surface area contributed by atoms with Crippen molar-refractivity contribution in [3.8, 4) is 0 Å². The molecule has 1 unspecified atom stereocenters. The number of carboxylic acid groups (broad SMARTS) is 1. The van der Waals surface area contributed by atoms with Gasteiger partial charge in [0, 0.05) is 26.2 Å². The topological polar surface area (TPSA) is 116 Å². The lowest BCUT2D eigenvalue weighted by molar-refractivity contribution is -0.118. The van der Waals surface area contributed by atoms with Gasteiger partial charge < -0.3 is 20.1 Å². The van der Waals surface area contributed by atoms with Crippen molar-refractivity contribution >= 4 is 19.2 Å². The van der Waals surface area contributed by atoms with E-state index in [1.165, 1.54) is 13.0 Å². The first-order valence-electron chi connectivity index (χ1n) is 9.86. The second-order valence-corrected chi connectivity index (χ2v) is 10.2. The van der Waals surface area contributed by atoms with Crippen molar-refractivity contribution in [3.05, 3.63) is 35.4 Å². The Morgan fingerprint density at radius 1 is 1.31 bits per heavy atom. The highest BCUT2D eigenvalue weighted by atomic mass is 31.2. The highest BCUT2D eigenvalue weighted by molar-refractivity contribution is 7.57. The maximum atomic E-state index is 12.8. The molecule has 9 heteroatoms. The van der Waals surface area contributed by atoms with Gasteiger partial charge in [0.2, 0.25) is 13.3 Å². The van der Waals surface area contributed by atoms with Crippen LogP contribution in [-0.4, -0.2) is 65.5 Å². The van der Waals surface area contributed by atoms with Gasteiger partial charge in [0.05, 0.1) is 30.6 Å². The van der Waals surface area contributed by atoms with Crippen molar-refractivity contribution in [2.75, 3.05) is 38.8 Å². The maximum Gasteiger partial charge on any atom is 0.335 e. The fraction of sp³-hybridized carbons (Fsp3) is 0.600. The standard InChI is InChI=1S/C20H31N2O6P/c1-16(23)21-9-4-3-5-12-29(26,27)15-22-10-11-28-14-20(22,2)18-8-6-7-17(13-18)19(24)25/h6-8,13H,3-5,9-12,14-15H2,1-2H3,(H,21,23)(H,24,25)(H,26,27)/t20-/m0/s1. The van der Waals surface area contributed by atoms with E-state index in [4.69, 9.17) is 4.74 Å². The number of amides is 1. The number of carboxylic acids is 1. The largest absolute Gasteiger partial charge is 0.478 e. The lowest BCUT2D eigenvalue weighted by Crippen LogP contribution is -2.53. The number of carbonyl (C=O) groups excluding carboxylic acids is 1. The molecule has 1 aliphatic heterocycles. The molecule has 162 valence electrons. The average molecular weight is 426 g/mol. The molecule has 0 aromatic heterocycles. The summed E-state index contributed by atoms with van der Waals surface area (Å²) in [6.45, 7) is 5.25. The molecule has 29 heavy (non-hydrogen) atoms. The molecule has 0 bridgehead atoms. The van der Waals surface area contributed by atoms with Gasteiger partial charge in [-0.15, -0.1) is 0 Å². The number of hydrogen-bond acceptors (Lipinski definition) is 5. The van der Waals surface area contributed by atoms with Gasteiger partial charge in [0.1, 0.15) is 0 Å². The van der Waals surface area contributed by atoms with Crippen LogP contribution in [0, 0.1) is 0 Å². The van der Waals surface area contributed by atoms with E-state index < -0.39 is 18.9 Å². The van der Waals surface area contributed by atoms with E-state index in [0.29, 0.717) is 32.7 Å². The summed E-state index contributed by atoms with van der Waals surface area (Å²) in [7, 11) is -3.39. The molecule has 3 N–H and O–H groups in total. The number of carbonyl (C=O) groups is 2. The summed E-state index contributed by atoms with van der Waals surface area (Å²) in [6.07, 6.45) is 2.41. The summed E-state index contributed by atoms with van der Waals surface area (Å²) in [6, 6.07) is 6.65. The van der Waals surface area contributed by atoms with Crippen molar-refractivity contribution in [2.24, 2.45) is 0 Å². The van der Waals surface area contributed by atoms with Gasteiger partial charge in [-0.25, -0.2) is 4.79 Å². The van der Waals surface area contributed by atoms with Gasteiger partial charge in [0.15, 0.2) is 0 Å². The van der Waals surface area contributed by atoms with Crippen LogP contribution in [0.2, 0.25) is 0 Å². The number of hydrogen-bond donors (Lipinski definition) is 3. The van der Waals surface area contributed by atoms with Crippen LogP contribution in [0.25, 0.3) is 0 Å². The molecule has 1 aromatic carbocycles. The first kappa shape index (κ1) is 23.5. The highest BCUT2D eigenvalue weighted by Crippen LogP contribution is 2.46. The minimum Gasteiger partial charge on any atom is -0.478 e. The number of nitrogens with zero attached hydrogens (tertiary/aromatic N) is 1.